The van der Waals surface area contributed by atoms with E-state index in [0.717, 1.165) is 18.4 Å². The molecule has 4 unspecified atom stereocenters. The van der Waals surface area contributed by atoms with Crippen molar-refractivity contribution in [3.8, 4) is 0 Å². The van der Waals surface area contributed by atoms with Crippen LogP contribution in [-0.2, 0) is 18.7 Å². The van der Waals surface area contributed by atoms with Gasteiger partial charge in [0.05, 0.1) is 18.2 Å². The Morgan fingerprint density at radius 2 is 1.88 bits per heavy atom. The highest BCUT2D eigenvalue weighted by Gasteiger charge is 2.60. The minimum absolute atomic E-state index is 0.0857. The summed E-state index contributed by atoms with van der Waals surface area (Å²) in [4.78, 5) is 24.5. The lowest BCUT2D eigenvalue weighted by Crippen LogP contribution is -2.61. The number of phosphoric ester groups is 1. The van der Waals surface area contributed by atoms with E-state index in [2.05, 4.69) is 20.8 Å². The maximum Gasteiger partial charge on any atom is 0.469 e. The summed E-state index contributed by atoms with van der Waals surface area (Å²) >= 11 is 0. The first-order chi connectivity index (χ1) is 12.1. The summed E-state index contributed by atoms with van der Waals surface area (Å²) in [6, 6.07) is 9.92. The molecule has 0 aliphatic carbocycles. The fourth-order valence-electron chi connectivity index (χ4n) is 4.76. The third-order valence-electron chi connectivity index (χ3n) is 5.56. The standard InChI is InChI=1S/C18H28NO6P/c1-17(2)10-14(23-4)11-18(3)16(13-8-6-5-7-9-13)15(25-19(17)18)12-24-26(20,21)22/h5-9,14-16H,10-12H2,1-4H3,(H2,20,21,22). The molecule has 0 saturated carbocycles. The van der Waals surface area contributed by atoms with Crippen molar-refractivity contribution in [3.63, 3.8) is 0 Å². The van der Waals surface area contributed by atoms with Crippen LogP contribution in [-0.4, -0.2) is 51.9 Å². The topological polar surface area (TPSA) is 88.5 Å². The molecule has 2 fully saturated rings. The largest absolute Gasteiger partial charge is 0.469 e. The summed E-state index contributed by atoms with van der Waals surface area (Å²) in [6.07, 6.45) is 1.17. The summed E-state index contributed by atoms with van der Waals surface area (Å²) in [5.41, 5.74) is 0.397. The van der Waals surface area contributed by atoms with E-state index in [-0.39, 0.29) is 29.7 Å². The summed E-state index contributed by atoms with van der Waals surface area (Å²) in [5.74, 6) is -0.104. The molecule has 7 nitrogen and oxygen atoms in total. The molecule has 2 heterocycles. The van der Waals surface area contributed by atoms with Crippen LogP contribution in [0.3, 0.4) is 0 Å². The molecule has 0 bridgehead atoms. The summed E-state index contributed by atoms with van der Waals surface area (Å²) in [6.45, 7) is 6.16. The maximum absolute atomic E-state index is 11.2. The van der Waals surface area contributed by atoms with Crippen molar-refractivity contribution in [3.05, 3.63) is 35.9 Å². The number of fused-ring (bicyclic) bond motifs is 1. The second kappa shape index (κ2) is 6.99. The number of ether oxygens (including phenoxy) is 1. The zero-order valence-corrected chi connectivity index (χ0v) is 16.6. The predicted molar refractivity (Wildman–Crippen MR) is 96.4 cm³/mol. The van der Waals surface area contributed by atoms with Crippen molar-refractivity contribution >= 4 is 7.82 Å². The zero-order chi connectivity index (χ0) is 19.2. The van der Waals surface area contributed by atoms with Crippen LogP contribution in [0.1, 0.15) is 45.1 Å². The van der Waals surface area contributed by atoms with Gasteiger partial charge in [-0.15, -0.1) is 0 Å². The molecule has 3 rings (SSSR count). The van der Waals surface area contributed by atoms with Crippen LogP contribution in [0.5, 0.6) is 0 Å². The van der Waals surface area contributed by atoms with Crippen molar-refractivity contribution in [2.45, 2.75) is 62.8 Å². The molecular weight excluding hydrogens is 357 g/mol. The third kappa shape index (κ3) is 3.76. The van der Waals surface area contributed by atoms with Crippen molar-refractivity contribution < 1.29 is 28.5 Å². The Hall–Kier alpha value is -0.790. The van der Waals surface area contributed by atoms with Crippen LogP contribution >= 0.6 is 7.82 Å². The number of benzene rings is 1. The smallest absolute Gasteiger partial charge is 0.381 e. The van der Waals surface area contributed by atoms with Gasteiger partial charge in [-0.2, -0.15) is 5.06 Å². The van der Waals surface area contributed by atoms with E-state index in [0.29, 0.717) is 0 Å². The van der Waals surface area contributed by atoms with E-state index in [9.17, 15) is 4.57 Å². The SMILES string of the molecule is COC1CC(C)(C)N2OC(COP(=O)(O)O)C(c3ccccc3)C2(C)C1. The average Bonchev–Trinajstić information content (AvgIpc) is 2.86. The van der Waals surface area contributed by atoms with Crippen LogP contribution in [0.15, 0.2) is 30.3 Å². The second-order valence-corrected chi connectivity index (χ2v) is 9.29. The maximum atomic E-state index is 11.2. The number of rotatable bonds is 5. The first kappa shape index (κ1) is 20.0. The van der Waals surface area contributed by atoms with E-state index < -0.39 is 13.9 Å². The fourth-order valence-corrected chi connectivity index (χ4v) is 5.10. The molecule has 8 heteroatoms. The Morgan fingerprint density at radius 3 is 2.46 bits per heavy atom. The van der Waals surface area contributed by atoms with Crippen LogP contribution in [0.4, 0.5) is 0 Å². The van der Waals surface area contributed by atoms with Crippen LogP contribution < -0.4 is 0 Å². The number of hydrogen-bond acceptors (Lipinski definition) is 5. The molecule has 0 spiro atoms. The molecule has 0 aromatic heterocycles. The van der Waals surface area contributed by atoms with Crippen LogP contribution in [0.2, 0.25) is 0 Å². The number of hydroxylamine groups is 2. The lowest BCUT2D eigenvalue weighted by Gasteiger charge is -2.52. The fraction of sp³-hybridized carbons (Fsp3) is 0.667. The van der Waals surface area contributed by atoms with E-state index in [1.54, 1.807) is 7.11 Å². The summed E-state index contributed by atoms with van der Waals surface area (Å²) < 4.78 is 21.8. The van der Waals surface area contributed by atoms with Crippen molar-refractivity contribution in [1.82, 2.24) is 5.06 Å². The van der Waals surface area contributed by atoms with Crippen LogP contribution in [0.25, 0.3) is 0 Å². The van der Waals surface area contributed by atoms with E-state index in [4.69, 9.17) is 23.9 Å². The summed E-state index contributed by atoms with van der Waals surface area (Å²) in [7, 11) is -2.85. The van der Waals surface area contributed by atoms with Gasteiger partial charge >= 0.3 is 7.82 Å². The highest BCUT2D eigenvalue weighted by atomic mass is 31.2. The highest BCUT2D eigenvalue weighted by molar-refractivity contribution is 7.46. The van der Waals surface area contributed by atoms with Gasteiger partial charge in [0.15, 0.2) is 0 Å². The normalized spacial score (nSPS) is 34.6. The van der Waals surface area contributed by atoms with Crippen molar-refractivity contribution in [2.24, 2.45) is 0 Å². The second-order valence-electron chi connectivity index (χ2n) is 8.05. The highest BCUT2D eigenvalue weighted by Crippen LogP contribution is 2.54. The van der Waals surface area contributed by atoms with E-state index >= 15 is 0 Å². The monoisotopic (exact) mass is 385 g/mol. The van der Waals surface area contributed by atoms with Gasteiger partial charge in [0, 0.05) is 18.6 Å². The first-order valence-electron chi connectivity index (χ1n) is 8.82. The number of piperidine rings is 1. The molecule has 2 aliphatic rings. The van der Waals surface area contributed by atoms with E-state index in [1.165, 1.54) is 0 Å². The lowest BCUT2D eigenvalue weighted by molar-refractivity contribution is -0.268. The number of hydrogen-bond donors (Lipinski definition) is 2. The predicted octanol–water partition coefficient (Wildman–Crippen LogP) is 2.84. The zero-order valence-electron chi connectivity index (χ0n) is 15.7. The molecule has 4 atom stereocenters. The number of nitrogens with zero attached hydrogens (tertiary/aromatic N) is 1. The van der Waals surface area contributed by atoms with E-state index in [1.807, 2.05) is 35.4 Å². The van der Waals surface area contributed by atoms with Crippen molar-refractivity contribution in [2.75, 3.05) is 13.7 Å². The van der Waals surface area contributed by atoms with Gasteiger partial charge in [-0.05, 0) is 39.2 Å². The van der Waals surface area contributed by atoms with Gasteiger partial charge in [0.25, 0.3) is 0 Å². The molecular formula is C18H28NO6P. The molecule has 1 aromatic carbocycles. The molecule has 2 aliphatic heterocycles. The first-order valence-corrected chi connectivity index (χ1v) is 10.3. The Balaban J connectivity index is 2.00. The Labute approximate surface area is 154 Å². The number of phosphoric acid groups is 1. The van der Waals surface area contributed by atoms with Crippen molar-refractivity contribution in [1.29, 1.82) is 0 Å². The molecule has 26 heavy (non-hydrogen) atoms. The lowest BCUT2D eigenvalue weighted by atomic mass is 9.69. The van der Waals surface area contributed by atoms with Crippen LogP contribution in [0, 0.1) is 0 Å². The summed E-state index contributed by atoms with van der Waals surface area (Å²) in [5, 5.41) is 2.00. The Bertz CT molecular complexity index is 678. The Morgan fingerprint density at radius 1 is 1.23 bits per heavy atom. The average molecular weight is 385 g/mol. The van der Waals surface area contributed by atoms with Gasteiger partial charge in [-0.25, -0.2) is 4.57 Å². The Kier molecular flexibility index (Phi) is 5.36. The molecule has 146 valence electrons. The van der Waals surface area contributed by atoms with Gasteiger partial charge in [-0.3, -0.25) is 9.36 Å². The van der Waals surface area contributed by atoms with Gasteiger partial charge < -0.3 is 14.5 Å². The quantitative estimate of drug-likeness (QED) is 0.754. The molecule has 2 N–H and O–H groups in total. The van der Waals surface area contributed by atoms with Gasteiger partial charge in [0.2, 0.25) is 0 Å². The molecule has 0 radical (unpaired) electrons. The molecule has 2 saturated heterocycles. The molecule has 0 amide bonds. The van der Waals surface area contributed by atoms with Gasteiger partial charge in [0.1, 0.15) is 6.10 Å². The van der Waals surface area contributed by atoms with Gasteiger partial charge in [-0.1, -0.05) is 30.3 Å². The third-order valence-corrected chi connectivity index (χ3v) is 6.05. The molecule has 1 aromatic rings. The minimum Gasteiger partial charge on any atom is -0.381 e. The number of methoxy groups -OCH3 is 1. The minimum atomic E-state index is -4.57.